The zero-order chi connectivity index (χ0) is 17.2. The highest BCUT2D eigenvalue weighted by Gasteiger charge is 2.40. The summed E-state index contributed by atoms with van der Waals surface area (Å²) in [5, 5.41) is 0. The van der Waals surface area contributed by atoms with E-state index in [9.17, 15) is 4.39 Å². The van der Waals surface area contributed by atoms with Crippen LogP contribution in [0.2, 0.25) is 0 Å². The van der Waals surface area contributed by atoms with Gasteiger partial charge in [-0.15, -0.1) is 0 Å². The van der Waals surface area contributed by atoms with Crippen molar-refractivity contribution in [1.29, 1.82) is 0 Å². The predicted molar refractivity (Wildman–Crippen MR) is 95.0 cm³/mol. The smallest absolute Gasteiger partial charge is 0.225 e. The van der Waals surface area contributed by atoms with Gasteiger partial charge in [0.15, 0.2) is 5.96 Å². The molecular formula is C18H21FN6. The van der Waals surface area contributed by atoms with Gasteiger partial charge in [-0.3, -0.25) is 0 Å². The SMILES string of the molecule is NC(=N[C@@H]1C[C@H]1c1ccccc1F)N1CCN(c2ncccn2)CC1. The van der Waals surface area contributed by atoms with Gasteiger partial charge in [0, 0.05) is 44.5 Å². The molecule has 2 aliphatic rings. The molecule has 2 atom stereocenters. The van der Waals surface area contributed by atoms with E-state index in [2.05, 4.69) is 24.8 Å². The molecule has 1 saturated carbocycles. The molecule has 0 spiro atoms. The van der Waals surface area contributed by atoms with Crippen LogP contribution in [0, 0.1) is 5.82 Å². The number of hydrogen-bond donors (Lipinski definition) is 1. The Kier molecular flexibility index (Phi) is 4.21. The summed E-state index contributed by atoms with van der Waals surface area (Å²) < 4.78 is 13.8. The Morgan fingerprint density at radius 1 is 1.08 bits per heavy atom. The minimum Gasteiger partial charge on any atom is -0.370 e. The number of piperazine rings is 1. The maximum Gasteiger partial charge on any atom is 0.225 e. The molecule has 1 aliphatic carbocycles. The molecule has 4 rings (SSSR count). The van der Waals surface area contributed by atoms with Gasteiger partial charge in [-0.2, -0.15) is 0 Å². The summed E-state index contributed by atoms with van der Waals surface area (Å²) in [7, 11) is 0. The number of benzene rings is 1. The van der Waals surface area contributed by atoms with Crippen molar-refractivity contribution in [3.63, 3.8) is 0 Å². The molecule has 6 nitrogen and oxygen atoms in total. The van der Waals surface area contributed by atoms with Gasteiger partial charge >= 0.3 is 0 Å². The molecule has 0 unspecified atom stereocenters. The van der Waals surface area contributed by atoms with Crippen molar-refractivity contribution >= 4 is 11.9 Å². The third kappa shape index (κ3) is 3.40. The van der Waals surface area contributed by atoms with E-state index in [1.165, 1.54) is 6.07 Å². The first-order chi connectivity index (χ1) is 12.2. The third-order valence-corrected chi connectivity index (χ3v) is 4.80. The Morgan fingerprint density at radius 3 is 2.52 bits per heavy atom. The van der Waals surface area contributed by atoms with E-state index in [4.69, 9.17) is 5.73 Å². The second kappa shape index (κ2) is 6.66. The van der Waals surface area contributed by atoms with E-state index in [0.29, 0.717) is 5.96 Å². The molecule has 0 amide bonds. The van der Waals surface area contributed by atoms with Crippen molar-refractivity contribution in [3.05, 3.63) is 54.1 Å². The fourth-order valence-corrected chi connectivity index (χ4v) is 3.28. The maximum absolute atomic E-state index is 13.8. The Hall–Kier alpha value is -2.70. The molecule has 0 radical (unpaired) electrons. The van der Waals surface area contributed by atoms with Crippen molar-refractivity contribution < 1.29 is 4.39 Å². The van der Waals surface area contributed by atoms with Crippen LogP contribution in [-0.4, -0.2) is 53.0 Å². The van der Waals surface area contributed by atoms with Gasteiger partial charge in [0.2, 0.25) is 5.95 Å². The fourth-order valence-electron chi connectivity index (χ4n) is 3.28. The number of nitrogens with two attached hydrogens (primary N) is 1. The van der Waals surface area contributed by atoms with Gasteiger partial charge in [0.25, 0.3) is 0 Å². The standard InChI is InChI=1S/C18H21FN6/c19-15-5-2-1-4-13(15)14-12-16(14)23-17(20)24-8-10-25(11-9-24)18-21-6-3-7-22-18/h1-7,14,16H,8-12H2,(H2,20,23)/t14-,16+/m0/s1. The minimum atomic E-state index is -0.153. The third-order valence-electron chi connectivity index (χ3n) is 4.80. The van der Waals surface area contributed by atoms with Gasteiger partial charge in [-0.25, -0.2) is 19.4 Å². The Morgan fingerprint density at radius 2 is 1.80 bits per heavy atom. The molecule has 2 N–H and O–H groups in total. The molecule has 7 heteroatoms. The zero-order valence-electron chi connectivity index (χ0n) is 13.9. The van der Waals surface area contributed by atoms with Crippen molar-refractivity contribution in [2.75, 3.05) is 31.1 Å². The lowest BCUT2D eigenvalue weighted by Gasteiger charge is -2.35. The fraction of sp³-hybridized carbons (Fsp3) is 0.389. The maximum atomic E-state index is 13.8. The number of guanidine groups is 1. The average molecular weight is 340 g/mol. The van der Waals surface area contributed by atoms with Crippen molar-refractivity contribution in [3.8, 4) is 0 Å². The van der Waals surface area contributed by atoms with Crippen LogP contribution in [0.1, 0.15) is 17.9 Å². The van der Waals surface area contributed by atoms with E-state index in [-0.39, 0.29) is 17.8 Å². The highest BCUT2D eigenvalue weighted by molar-refractivity contribution is 5.79. The lowest BCUT2D eigenvalue weighted by atomic mass is 10.1. The lowest BCUT2D eigenvalue weighted by Crippen LogP contribution is -2.51. The predicted octanol–water partition coefficient (Wildman–Crippen LogP) is 1.61. The van der Waals surface area contributed by atoms with Crippen LogP contribution in [0.15, 0.2) is 47.7 Å². The molecule has 1 aliphatic heterocycles. The number of halogens is 1. The molecule has 130 valence electrons. The monoisotopic (exact) mass is 340 g/mol. The molecular weight excluding hydrogens is 319 g/mol. The number of anilines is 1. The number of aromatic nitrogens is 2. The largest absolute Gasteiger partial charge is 0.370 e. The molecule has 1 saturated heterocycles. The first kappa shape index (κ1) is 15.8. The summed E-state index contributed by atoms with van der Waals surface area (Å²) in [5.74, 6) is 1.30. The van der Waals surface area contributed by atoms with Crippen LogP contribution in [-0.2, 0) is 0 Å². The highest BCUT2D eigenvalue weighted by atomic mass is 19.1. The van der Waals surface area contributed by atoms with Crippen LogP contribution in [0.4, 0.5) is 10.3 Å². The van der Waals surface area contributed by atoms with Crippen molar-refractivity contribution in [1.82, 2.24) is 14.9 Å². The van der Waals surface area contributed by atoms with E-state index in [1.54, 1.807) is 18.5 Å². The topological polar surface area (TPSA) is 70.6 Å². The summed E-state index contributed by atoms with van der Waals surface area (Å²) in [6.07, 6.45) is 4.36. The zero-order valence-corrected chi connectivity index (χ0v) is 13.9. The van der Waals surface area contributed by atoms with E-state index in [1.807, 2.05) is 18.2 Å². The highest BCUT2D eigenvalue weighted by Crippen LogP contribution is 2.44. The summed E-state index contributed by atoms with van der Waals surface area (Å²) in [6, 6.07) is 8.82. The first-order valence-electron chi connectivity index (χ1n) is 8.57. The van der Waals surface area contributed by atoms with E-state index < -0.39 is 0 Å². The second-order valence-corrected chi connectivity index (χ2v) is 6.44. The van der Waals surface area contributed by atoms with Crippen LogP contribution in [0.3, 0.4) is 0 Å². The Labute approximate surface area is 146 Å². The lowest BCUT2D eigenvalue weighted by molar-refractivity contribution is 0.378. The number of hydrogen-bond acceptors (Lipinski definition) is 4. The van der Waals surface area contributed by atoms with Gasteiger partial charge in [-0.1, -0.05) is 18.2 Å². The number of aliphatic imine (C=N–C) groups is 1. The van der Waals surface area contributed by atoms with Crippen LogP contribution >= 0.6 is 0 Å². The normalized spacial score (nSPS) is 23.6. The molecule has 1 aromatic carbocycles. The van der Waals surface area contributed by atoms with Gasteiger partial charge in [0.05, 0.1) is 6.04 Å². The van der Waals surface area contributed by atoms with Crippen LogP contribution < -0.4 is 10.6 Å². The molecule has 1 aromatic heterocycles. The first-order valence-corrected chi connectivity index (χ1v) is 8.57. The molecule has 2 heterocycles. The molecule has 2 fully saturated rings. The Bertz CT molecular complexity index is 757. The quantitative estimate of drug-likeness (QED) is 0.679. The van der Waals surface area contributed by atoms with E-state index >= 15 is 0 Å². The van der Waals surface area contributed by atoms with Crippen LogP contribution in [0.25, 0.3) is 0 Å². The Balaban J connectivity index is 1.35. The van der Waals surface area contributed by atoms with Gasteiger partial charge in [-0.05, 0) is 24.1 Å². The molecule has 25 heavy (non-hydrogen) atoms. The summed E-state index contributed by atoms with van der Waals surface area (Å²) >= 11 is 0. The van der Waals surface area contributed by atoms with Gasteiger partial charge in [0.1, 0.15) is 5.82 Å². The number of rotatable bonds is 3. The summed E-state index contributed by atoms with van der Waals surface area (Å²) in [5.41, 5.74) is 6.93. The van der Waals surface area contributed by atoms with Gasteiger partial charge < -0.3 is 15.5 Å². The number of nitrogens with zero attached hydrogens (tertiary/aromatic N) is 5. The summed E-state index contributed by atoms with van der Waals surface area (Å²) in [4.78, 5) is 17.4. The molecule has 2 aromatic rings. The van der Waals surface area contributed by atoms with Crippen molar-refractivity contribution in [2.45, 2.75) is 18.4 Å². The minimum absolute atomic E-state index is 0.0902. The summed E-state index contributed by atoms with van der Waals surface area (Å²) in [6.45, 7) is 3.18. The van der Waals surface area contributed by atoms with Crippen molar-refractivity contribution in [2.24, 2.45) is 10.7 Å². The molecule has 0 bridgehead atoms. The average Bonchev–Trinajstić information content (AvgIpc) is 3.42. The van der Waals surface area contributed by atoms with E-state index in [0.717, 1.165) is 44.1 Å². The van der Waals surface area contributed by atoms with Crippen LogP contribution in [0.5, 0.6) is 0 Å². The second-order valence-electron chi connectivity index (χ2n) is 6.44.